The molecule has 0 amide bonds. The highest BCUT2D eigenvalue weighted by Crippen LogP contribution is 2.27. The van der Waals surface area contributed by atoms with Crippen molar-refractivity contribution in [1.29, 1.82) is 0 Å². The largest absolute Gasteiger partial charge is 0.507 e. The third-order valence-electron chi connectivity index (χ3n) is 4.61. The van der Waals surface area contributed by atoms with Crippen LogP contribution in [0, 0.1) is 0 Å². The Kier molecular flexibility index (Phi) is 13.7. The molecule has 0 aromatic heterocycles. The fourth-order valence-electron chi connectivity index (χ4n) is 2.84. The lowest BCUT2D eigenvalue weighted by Crippen LogP contribution is -2.03. The molecule has 190 valence electrons. The van der Waals surface area contributed by atoms with Gasteiger partial charge in [0.2, 0.25) is 0 Å². The molecule has 0 fully saturated rings. The van der Waals surface area contributed by atoms with Gasteiger partial charge in [-0.15, -0.1) is 0 Å². The molecule has 35 heavy (non-hydrogen) atoms. The quantitative estimate of drug-likeness (QED) is 0.246. The van der Waals surface area contributed by atoms with Crippen LogP contribution in [-0.2, 0) is 9.59 Å². The number of phenols is 1. The van der Waals surface area contributed by atoms with Crippen LogP contribution in [0.4, 0.5) is 0 Å². The molecule has 0 saturated heterocycles. The molecule has 0 aliphatic rings. The zero-order chi connectivity index (χ0) is 26.1. The summed E-state index contributed by atoms with van der Waals surface area (Å²) in [6.45, 7) is 0.693. The lowest BCUT2D eigenvalue weighted by Gasteiger charge is -2.10. The lowest BCUT2D eigenvalue weighted by molar-refractivity contribution is -0.138. The number of benzene rings is 2. The summed E-state index contributed by atoms with van der Waals surface area (Å²) >= 11 is 0. The van der Waals surface area contributed by atoms with Crippen LogP contribution in [-0.4, -0.2) is 60.2 Å². The summed E-state index contributed by atoms with van der Waals surface area (Å²) in [6, 6.07) is 9.67. The first kappa shape index (κ1) is 29.0. The SMILES string of the molecule is COc1cccc(OCCCCC(=O)O)c1C=O.O=Cc1c(O)cccc1OCCCCC(=O)O. The molecular weight excluding hydrogens is 460 g/mol. The van der Waals surface area contributed by atoms with Gasteiger partial charge < -0.3 is 29.5 Å². The van der Waals surface area contributed by atoms with Gasteiger partial charge in [0.15, 0.2) is 12.6 Å². The van der Waals surface area contributed by atoms with Gasteiger partial charge >= 0.3 is 11.9 Å². The Balaban J connectivity index is 0.000000351. The van der Waals surface area contributed by atoms with Gasteiger partial charge in [0.1, 0.15) is 23.0 Å². The Morgan fingerprint density at radius 1 is 0.743 bits per heavy atom. The molecule has 0 radical (unpaired) electrons. The number of carbonyl (C=O) groups is 4. The van der Waals surface area contributed by atoms with Crippen LogP contribution in [0.1, 0.15) is 59.2 Å². The zero-order valence-corrected chi connectivity index (χ0v) is 19.5. The number of ether oxygens (including phenoxy) is 3. The molecule has 0 unspecified atom stereocenters. The third kappa shape index (κ3) is 11.1. The van der Waals surface area contributed by atoms with Gasteiger partial charge in [-0.25, -0.2) is 0 Å². The van der Waals surface area contributed by atoms with Crippen molar-refractivity contribution >= 4 is 24.5 Å². The van der Waals surface area contributed by atoms with Gasteiger partial charge in [-0.1, -0.05) is 12.1 Å². The third-order valence-corrected chi connectivity index (χ3v) is 4.61. The standard InChI is InChI=1S/C13H16O5.C12H14O5/c1-17-11-5-4-6-12(10(11)9-14)18-8-3-2-7-13(15)16;13-8-9-10(14)4-3-5-11(9)17-7-2-1-6-12(15)16/h4-6,9H,2-3,7-8H2,1H3,(H,15,16);3-5,8,14H,1-2,6-7H2,(H,15,16). The molecule has 0 bridgehead atoms. The normalized spacial score (nSPS) is 9.86. The summed E-state index contributed by atoms with van der Waals surface area (Å²) in [5.74, 6) is -0.535. The molecular formula is C25H30O10. The number of carboxylic acids is 2. The van der Waals surface area contributed by atoms with Gasteiger partial charge in [-0.3, -0.25) is 19.2 Å². The second-order valence-electron chi connectivity index (χ2n) is 7.20. The van der Waals surface area contributed by atoms with Crippen molar-refractivity contribution in [2.75, 3.05) is 20.3 Å². The Bertz CT molecular complexity index is 971. The average Bonchev–Trinajstić information content (AvgIpc) is 2.83. The van der Waals surface area contributed by atoms with Gasteiger partial charge in [-0.2, -0.15) is 0 Å². The molecule has 10 heteroatoms. The van der Waals surface area contributed by atoms with E-state index in [-0.39, 0.29) is 24.2 Å². The maximum atomic E-state index is 10.9. The second kappa shape index (κ2) is 16.5. The number of phenolic OH excluding ortho intramolecular Hbond substituents is 1. The summed E-state index contributed by atoms with van der Waals surface area (Å²) in [5, 5.41) is 26.3. The average molecular weight is 491 g/mol. The summed E-state index contributed by atoms with van der Waals surface area (Å²) in [4.78, 5) is 42.2. The van der Waals surface area contributed by atoms with E-state index in [0.29, 0.717) is 74.3 Å². The molecule has 0 atom stereocenters. The van der Waals surface area contributed by atoms with E-state index >= 15 is 0 Å². The van der Waals surface area contributed by atoms with E-state index in [2.05, 4.69) is 0 Å². The van der Waals surface area contributed by atoms with E-state index in [4.69, 9.17) is 24.4 Å². The summed E-state index contributed by atoms with van der Waals surface area (Å²) in [6.07, 6.45) is 3.72. The molecule has 2 aromatic rings. The van der Waals surface area contributed by atoms with Crippen molar-refractivity contribution in [2.24, 2.45) is 0 Å². The fourth-order valence-corrected chi connectivity index (χ4v) is 2.84. The first-order valence-corrected chi connectivity index (χ1v) is 10.9. The molecule has 0 heterocycles. The highest BCUT2D eigenvalue weighted by molar-refractivity contribution is 5.84. The monoisotopic (exact) mass is 490 g/mol. The number of hydrogen-bond acceptors (Lipinski definition) is 8. The highest BCUT2D eigenvalue weighted by Gasteiger charge is 2.09. The summed E-state index contributed by atoms with van der Waals surface area (Å²) < 4.78 is 15.8. The number of aldehydes is 2. The minimum Gasteiger partial charge on any atom is -0.507 e. The Hall–Kier alpha value is -4.08. The van der Waals surface area contributed by atoms with Crippen molar-refractivity contribution in [3.8, 4) is 23.0 Å². The molecule has 0 aliphatic heterocycles. The number of aliphatic carboxylic acids is 2. The Morgan fingerprint density at radius 2 is 1.20 bits per heavy atom. The minimum absolute atomic E-state index is 0.101. The highest BCUT2D eigenvalue weighted by atomic mass is 16.5. The number of hydrogen-bond donors (Lipinski definition) is 3. The van der Waals surface area contributed by atoms with E-state index < -0.39 is 11.9 Å². The van der Waals surface area contributed by atoms with Crippen molar-refractivity contribution in [3.05, 3.63) is 47.5 Å². The van der Waals surface area contributed by atoms with E-state index in [9.17, 15) is 24.3 Å². The predicted molar refractivity (Wildman–Crippen MR) is 126 cm³/mol. The smallest absolute Gasteiger partial charge is 0.303 e. The number of methoxy groups -OCH3 is 1. The Morgan fingerprint density at radius 3 is 1.66 bits per heavy atom. The van der Waals surface area contributed by atoms with Gasteiger partial charge in [0.05, 0.1) is 31.5 Å². The first-order chi connectivity index (χ1) is 16.8. The van der Waals surface area contributed by atoms with Crippen molar-refractivity contribution in [1.82, 2.24) is 0 Å². The van der Waals surface area contributed by atoms with Crippen LogP contribution in [0.25, 0.3) is 0 Å². The molecule has 2 aromatic carbocycles. The fraction of sp³-hybridized carbons (Fsp3) is 0.360. The van der Waals surface area contributed by atoms with Crippen LogP contribution < -0.4 is 14.2 Å². The van der Waals surface area contributed by atoms with Crippen molar-refractivity contribution in [3.63, 3.8) is 0 Å². The molecule has 0 spiro atoms. The Labute approximate surface area is 203 Å². The molecule has 3 N–H and O–H groups in total. The zero-order valence-electron chi connectivity index (χ0n) is 19.5. The number of aromatic hydroxyl groups is 1. The maximum absolute atomic E-state index is 10.9. The maximum Gasteiger partial charge on any atom is 0.303 e. The lowest BCUT2D eigenvalue weighted by atomic mass is 10.2. The first-order valence-electron chi connectivity index (χ1n) is 10.9. The van der Waals surface area contributed by atoms with Crippen LogP contribution in [0.3, 0.4) is 0 Å². The minimum atomic E-state index is -0.837. The molecule has 0 aliphatic carbocycles. The van der Waals surface area contributed by atoms with Crippen LogP contribution in [0.5, 0.6) is 23.0 Å². The number of carbonyl (C=O) groups excluding carboxylic acids is 2. The number of unbranched alkanes of at least 4 members (excludes halogenated alkanes) is 2. The van der Waals surface area contributed by atoms with Gasteiger partial charge in [0.25, 0.3) is 0 Å². The number of carboxylic acid groups (broad SMARTS) is 2. The van der Waals surface area contributed by atoms with E-state index in [1.54, 1.807) is 30.3 Å². The van der Waals surface area contributed by atoms with E-state index in [0.717, 1.165) is 0 Å². The van der Waals surface area contributed by atoms with Crippen molar-refractivity contribution in [2.45, 2.75) is 38.5 Å². The van der Waals surface area contributed by atoms with Crippen LogP contribution in [0.15, 0.2) is 36.4 Å². The van der Waals surface area contributed by atoms with Gasteiger partial charge in [0, 0.05) is 12.8 Å². The molecule has 10 nitrogen and oxygen atoms in total. The van der Waals surface area contributed by atoms with Crippen molar-refractivity contribution < 1.29 is 48.7 Å². The summed E-state index contributed by atoms with van der Waals surface area (Å²) in [5.41, 5.74) is 0.490. The molecule has 2 rings (SSSR count). The van der Waals surface area contributed by atoms with E-state index in [1.165, 1.54) is 13.2 Å². The van der Waals surface area contributed by atoms with E-state index in [1.807, 2.05) is 0 Å². The number of rotatable bonds is 15. The second-order valence-corrected chi connectivity index (χ2v) is 7.20. The predicted octanol–water partition coefficient (Wildman–Crippen LogP) is 3.98. The van der Waals surface area contributed by atoms with Crippen LogP contribution >= 0.6 is 0 Å². The molecule has 0 saturated carbocycles. The summed E-state index contributed by atoms with van der Waals surface area (Å²) in [7, 11) is 1.49. The van der Waals surface area contributed by atoms with Crippen LogP contribution in [0.2, 0.25) is 0 Å². The topological polar surface area (TPSA) is 157 Å². The van der Waals surface area contributed by atoms with Gasteiger partial charge in [-0.05, 0) is 49.9 Å².